The third kappa shape index (κ3) is 2.04. The molecule has 0 unspecified atom stereocenters. The van der Waals surface area contributed by atoms with Crippen LogP contribution < -0.4 is 14.8 Å². The normalized spacial score (nSPS) is 11.4. The second-order valence-corrected chi connectivity index (χ2v) is 6.00. The average Bonchev–Trinajstić information content (AvgIpc) is 2.07. The van der Waals surface area contributed by atoms with E-state index in [9.17, 15) is 8.85 Å². The molecule has 0 aliphatic rings. The molecule has 1 aromatic rings. The molecule has 0 bridgehead atoms. The zero-order chi connectivity index (χ0) is 10.9. The number of ether oxygens (including phenoxy) is 1. The molecule has 0 aromatic heterocycles. The van der Waals surface area contributed by atoms with Crippen LogP contribution in [0, 0.1) is 0 Å². The Morgan fingerprint density at radius 3 is 2.43 bits per heavy atom. The van der Waals surface area contributed by atoms with Crippen molar-refractivity contribution >= 4 is 24.2 Å². The van der Waals surface area contributed by atoms with Crippen LogP contribution in [-0.2, 0) is 3.74 Å². The first-order valence-corrected chi connectivity index (χ1v) is 6.97. The van der Waals surface area contributed by atoms with Crippen molar-refractivity contribution in [3.05, 3.63) is 12.1 Å². The number of rotatable bonds is 2. The van der Waals surface area contributed by atoms with Gasteiger partial charge in [-0.05, 0) is 0 Å². The maximum atomic E-state index is 10.9. The zero-order valence-corrected chi connectivity index (χ0v) is 9.21. The van der Waals surface area contributed by atoms with E-state index in [0.717, 1.165) is 12.1 Å². The van der Waals surface area contributed by atoms with Crippen molar-refractivity contribution in [3.63, 3.8) is 0 Å². The molecule has 0 atom stereocenters. The van der Waals surface area contributed by atoms with Crippen LogP contribution in [0.5, 0.6) is 11.5 Å². The number of phenols is 1. The number of hydrogen-bond acceptors (Lipinski definition) is 4. The first-order valence-electron chi connectivity index (χ1n) is 3.59. The summed E-state index contributed by atoms with van der Waals surface area (Å²) in [5.74, 6) is -0.370. The number of nitrogen functional groups attached to an aromatic ring is 1. The quantitative estimate of drug-likeness (QED) is 0.295. The molecule has 14 heavy (non-hydrogen) atoms. The Morgan fingerprint density at radius 2 is 2.00 bits per heavy atom. The van der Waals surface area contributed by atoms with Gasteiger partial charge in [0.1, 0.15) is 0 Å². The fourth-order valence-corrected chi connectivity index (χ4v) is 2.18. The predicted octanol–water partition coefficient (Wildman–Crippen LogP) is -1.46. The van der Waals surface area contributed by atoms with Gasteiger partial charge in [-0.3, -0.25) is 0 Å². The first-order chi connectivity index (χ1) is 6.36. The molecule has 0 heterocycles. The molecule has 0 fully saturated rings. The Labute approximate surface area is 82.9 Å². The molecule has 78 valence electrons. The summed E-state index contributed by atoms with van der Waals surface area (Å²) in [5, 5.41) is 9.29. The number of nitrogens with two attached hydrogens (primary N) is 1. The zero-order valence-electron chi connectivity index (χ0n) is 7.34. The van der Waals surface area contributed by atoms with Crippen LogP contribution in [0.1, 0.15) is 0 Å². The van der Waals surface area contributed by atoms with E-state index in [1.165, 1.54) is 7.11 Å². The number of methoxy groups -OCH3 is 1. The molecule has 0 amide bonds. The molecule has 0 saturated heterocycles. The minimum absolute atomic E-state index is 0.0512. The van der Waals surface area contributed by atoms with E-state index in [1.54, 1.807) is 0 Å². The van der Waals surface area contributed by atoms with Gasteiger partial charge < -0.3 is 0 Å². The number of hydrogen-bond donors (Lipinski definition) is 4. The van der Waals surface area contributed by atoms with Crippen LogP contribution >= 0.6 is 0 Å². The van der Waals surface area contributed by atoms with E-state index in [2.05, 4.69) is 0 Å². The van der Waals surface area contributed by atoms with Crippen molar-refractivity contribution in [1.29, 1.82) is 0 Å². The molecular formula is C7H10AsNO5. The predicted molar refractivity (Wildman–Crippen MR) is 49.6 cm³/mol. The Morgan fingerprint density at radius 1 is 1.43 bits per heavy atom. The van der Waals surface area contributed by atoms with Crippen LogP contribution in [0.15, 0.2) is 12.1 Å². The van der Waals surface area contributed by atoms with Gasteiger partial charge in [0.25, 0.3) is 0 Å². The van der Waals surface area contributed by atoms with E-state index >= 15 is 0 Å². The van der Waals surface area contributed by atoms with Crippen molar-refractivity contribution in [1.82, 2.24) is 0 Å². The van der Waals surface area contributed by atoms with Crippen molar-refractivity contribution in [2.75, 3.05) is 12.8 Å². The number of anilines is 1. The number of phenolic OH excluding ortho intramolecular Hbond substituents is 1. The molecule has 5 N–H and O–H groups in total. The van der Waals surface area contributed by atoms with Gasteiger partial charge in [-0.15, -0.1) is 0 Å². The molecule has 0 aliphatic carbocycles. The monoisotopic (exact) mass is 263 g/mol. The number of aromatic hydroxyl groups is 1. The second kappa shape index (κ2) is 3.57. The average molecular weight is 263 g/mol. The van der Waals surface area contributed by atoms with Crippen molar-refractivity contribution in [2.45, 2.75) is 0 Å². The summed E-state index contributed by atoms with van der Waals surface area (Å²) in [6.45, 7) is 0. The standard InChI is InChI=1S/C7H10AsNO5/c1-14-6-3-4(8(11,12)13)2-5(9)7(6)10/h2-3,10H,9H2,1H3,(H2,11,12,13). The summed E-state index contributed by atoms with van der Waals surface area (Å²) >= 11 is -4.99. The van der Waals surface area contributed by atoms with E-state index in [4.69, 9.17) is 18.7 Å². The first kappa shape index (κ1) is 11.0. The number of benzene rings is 1. The minimum atomic E-state index is -4.99. The maximum absolute atomic E-state index is 10.9. The van der Waals surface area contributed by atoms with Crippen LogP contribution in [0.2, 0.25) is 0 Å². The Hall–Kier alpha value is -1.10. The van der Waals surface area contributed by atoms with Gasteiger partial charge in [-0.25, -0.2) is 0 Å². The van der Waals surface area contributed by atoms with Gasteiger partial charge in [-0.2, -0.15) is 0 Å². The van der Waals surface area contributed by atoms with Crippen LogP contribution in [0.3, 0.4) is 0 Å². The molecule has 6 nitrogen and oxygen atoms in total. The summed E-state index contributed by atoms with van der Waals surface area (Å²) in [6.07, 6.45) is 0. The van der Waals surface area contributed by atoms with Gasteiger partial charge >= 0.3 is 82.5 Å². The van der Waals surface area contributed by atoms with Gasteiger partial charge in [0.2, 0.25) is 0 Å². The molecule has 0 radical (unpaired) electrons. The third-order valence-corrected chi connectivity index (χ3v) is 3.60. The van der Waals surface area contributed by atoms with Crippen LogP contribution in [-0.4, -0.2) is 34.6 Å². The Kier molecular flexibility index (Phi) is 2.80. The Bertz CT molecular complexity index is 399. The second-order valence-electron chi connectivity index (χ2n) is 2.63. The van der Waals surface area contributed by atoms with Crippen LogP contribution in [0.25, 0.3) is 0 Å². The molecule has 1 aromatic carbocycles. The van der Waals surface area contributed by atoms with Crippen LogP contribution in [0.4, 0.5) is 5.69 Å². The third-order valence-electron chi connectivity index (χ3n) is 1.65. The van der Waals surface area contributed by atoms with Gasteiger partial charge in [0, 0.05) is 0 Å². The van der Waals surface area contributed by atoms with Crippen molar-refractivity contribution in [3.8, 4) is 11.5 Å². The summed E-state index contributed by atoms with van der Waals surface area (Å²) in [4.78, 5) is 0. The topological polar surface area (TPSA) is 113 Å². The fraction of sp³-hybridized carbons (Fsp3) is 0.143. The van der Waals surface area contributed by atoms with Gasteiger partial charge in [0.05, 0.1) is 0 Å². The van der Waals surface area contributed by atoms with E-state index in [-0.39, 0.29) is 21.5 Å². The molecule has 0 spiro atoms. The van der Waals surface area contributed by atoms with E-state index < -0.39 is 14.2 Å². The summed E-state index contributed by atoms with van der Waals surface area (Å²) in [5.41, 5.74) is 5.21. The van der Waals surface area contributed by atoms with Crippen molar-refractivity contribution < 1.29 is 21.8 Å². The summed E-state index contributed by atoms with van der Waals surface area (Å²) in [6, 6.07) is 2.11. The fourth-order valence-electron chi connectivity index (χ4n) is 0.938. The molecule has 1 rings (SSSR count). The molecule has 0 saturated carbocycles. The van der Waals surface area contributed by atoms with Gasteiger partial charge in [-0.1, -0.05) is 0 Å². The summed E-state index contributed by atoms with van der Waals surface area (Å²) in [7, 11) is 1.27. The van der Waals surface area contributed by atoms with Gasteiger partial charge in [0.15, 0.2) is 0 Å². The molecule has 7 heteroatoms. The Balaban J connectivity index is 3.38. The SMILES string of the molecule is COc1cc([As](=O)(O)O)cc(N)c1O. The van der Waals surface area contributed by atoms with E-state index in [0.29, 0.717) is 0 Å². The van der Waals surface area contributed by atoms with E-state index in [1.807, 2.05) is 0 Å². The summed E-state index contributed by atoms with van der Waals surface area (Å²) < 4.78 is 33.2. The molecular weight excluding hydrogens is 253 g/mol. The van der Waals surface area contributed by atoms with Crippen molar-refractivity contribution in [2.24, 2.45) is 0 Å². The molecule has 0 aliphatic heterocycles.